The van der Waals surface area contributed by atoms with Gasteiger partial charge in [-0.1, -0.05) is 31.4 Å². The molecule has 8 heteroatoms. The van der Waals surface area contributed by atoms with E-state index in [2.05, 4.69) is 15.7 Å². The fourth-order valence-corrected chi connectivity index (χ4v) is 4.48. The molecule has 8 nitrogen and oxygen atoms in total. The van der Waals surface area contributed by atoms with Gasteiger partial charge in [0.15, 0.2) is 0 Å². The number of hydrogen-bond acceptors (Lipinski definition) is 4. The van der Waals surface area contributed by atoms with Crippen LogP contribution < -0.4 is 21.1 Å². The van der Waals surface area contributed by atoms with Crippen molar-refractivity contribution in [2.75, 3.05) is 7.11 Å². The molecule has 0 radical (unpaired) electrons. The SMILES string of the molecule is COc1cccc(Cn2nc3n(c2=O)CCC(NC(=O)NC2CCCCC2)CC3)c1. The minimum absolute atomic E-state index is 0.0570. The summed E-state index contributed by atoms with van der Waals surface area (Å²) in [6.45, 7) is 0.988. The number of rotatable bonds is 5. The summed E-state index contributed by atoms with van der Waals surface area (Å²) in [5, 5.41) is 10.8. The lowest BCUT2D eigenvalue weighted by molar-refractivity contribution is 0.227. The van der Waals surface area contributed by atoms with Crippen molar-refractivity contribution >= 4 is 6.03 Å². The second kappa shape index (κ2) is 9.36. The highest BCUT2D eigenvalue weighted by molar-refractivity contribution is 5.74. The monoisotopic (exact) mass is 413 g/mol. The van der Waals surface area contributed by atoms with Crippen molar-refractivity contribution in [1.29, 1.82) is 0 Å². The molecule has 1 aromatic carbocycles. The number of nitrogens with zero attached hydrogens (tertiary/aromatic N) is 3. The van der Waals surface area contributed by atoms with Gasteiger partial charge < -0.3 is 15.4 Å². The molecular weight excluding hydrogens is 382 g/mol. The zero-order valence-electron chi connectivity index (χ0n) is 17.6. The molecular formula is C22H31N5O3. The van der Waals surface area contributed by atoms with Gasteiger partial charge in [0.05, 0.1) is 13.7 Å². The van der Waals surface area contributed by atoms with Crippen LogP contribution in [0.1, 0.15) is 56.3 Å². The Balaban J connectivity index is 1.35. The van der Waals surface area contributed by atoms with Crippen LogP contribution in [-0.2, 0) is 19.5 Å². The average molecular weight is 414 g/mol. The van der Waals surface area contributed by atoms with Gasteiger partial charge in [-0.3, -0.25) is 4.57 Å². The number of fused-ring (bicyclic) bond motifs is 1. The summed E-state index contributed by atoms with van der Waals surface area (Å²) in [5.74, 6) is 1.56. The summed E-state index contributed by atoms with van der Waals surface area (Å²) in [5.41, 5.74) is 0.878. The number of aromatic nitrogens is 3. The number of nitrogens with one attached hydrogen (secondary N) is 2. The fourth-order valence-electron chi connectivity index (χ4n) is 4.48. The lowest BCUT2D eigenvalue weighted by Gasteiger charge is -2.24. The number of aryl methyl sites for hydroxylation is 1. The van der Waals surface area contributed by atoms with E-state index in [0.717, 1.165) is 42.8 Å². The Hall–Kier alpha value is -2.77. The predicted octanol–water partition coefficient (Wildman–Crippen LogP) is 2.44. The first-order valence-corrected chi connectivity index (χ1v) is 11.0. The number of urea groups is 1. The first-order chi connectivity index (χ1) is 14.6. The first kappa shape index (κ1) is 20.5. The standard InChI is InChI=1S/C22H31N5O3/c1-30-19-9-5-6-16(14-19)15-27-22(29)26-13-12-18(10-11-20(26)25-27)24-21(28)23-17-7-3-2-4-8-17/h5-6,9,14,17-18H,2-4,7-8,10-13,15H2,1H3,(H2,23,24,28). The molecule has 1 fully saturated rings. The molecule has 4 rings (SSSR count). The fraction of sp³-hybridized carbons (Fsp3) is 0.591. The van der Waals surface area contributed by atoms with E-state index in [-0.39, 0.29) is 17.8 Å². The number of carbonyl (C=O) groups is 1. The van der Waals surface area contributed by atoms with E-state index in [4.69, 9.17) is 4.74 Å². The molecule has 0 bridgehead atoms. The Morgan fingerprint density at radius 2 is 1.90 bits per heavy atom. The Labute approximate surface area is 176 Å². The number of benzene rings is 1. The second-order valence-electron chi connectivity index (χ2n) is 8.34. The average Bonchev–Trinajstić information content (AvgIpc) is 2.92. The van der Waals surface area contributed by atoms with E-state index in [1.54, 1.807) is 11.7 Å². The van der Waals surface area contributed by atoms with Gasteiger partial charge in [-0.2, -0.15) is 5.10 Å². The van der Waals surface area contributed by atoms with Crippen LogP contribution in [0.2, 0.25) is 0 Å². The third kappa shape index (κ3) is 4.86. The zero-order chi connectivity index (χ0) is 20.9. The van der Waals surface area contributed by atoms with Crippen LogP contribution in [0.15, 0.2) is 29.1 Å². The van der Waals surface area contributed by atoms with Gasteiger partial charge in [-0.05, 0) is 43.4 Å². The van der Waals surface area contributed by atoms with E-state index >= 15 is 0 Å². The molecule has 2 amide bonds. The minimum Gasteiger partial charge on any atom is -0.497 e. The Morgan fingerprint density at radius 1 is 1.13 bits per heavy atom. The largest absolute Gasteiger partial charge is 0.497 e. The molecule has 2 aliphatic rings. The molecule has 162 valence electrons. The highest BCUT2D eigenvalue weighted by atomic mass is 16.5. The van der Waals surface area contributed by atoms with Crippen molar-refractivity contribution in [3.8, 4) is 5.75 Å². The predicted molar refractivity (Wildman–Crippen MR) is 114 cm³/mol. The summed E-state index contributed by atoms with van der Waals surface area (Å²) in [7, 11) is 1.63. The van der Waals surface area contributed by atoms with Gasteiger partial charge >= 0.3 is 11.7 Å². The van der Waals surface area contributed by atoms with Crippen LogP contribution >= 0.6 is 0 Å². The second-order valence-corrected chi connectivity index (χ2v) is 8.34. The van der Waals surface area contributed by atoms with Crippen molar-refractivity contribution in [1.82, 2.24) is 25.0 Å². The smallest absolute Gasteiger partial charge is 0.346 e. The number of amides is 2. The molecule has 1 saturated carbocycles. The summed E-state index contributed by atoms with van der Waals surface area (Å²) in [6.07, 6.45) is 7.98. The lowest BCUT2D eigenvalue weighted by Crippen LogP contribution is -2.47. The lowest BCUT2D eigenvalue weighted by atomic mass is 9.96. The van der Waals surface area contributed by atoms with Gasteiger partial charge in [0, 0.05) is 25.0 Å². The number of carbonyl (C=O) groups excluding carboxylic acids is 1. The van der Waals surface area contributed by atoms with Gasteiger partial charge in [0.1, 0.15) is 11.6 Å². The normalized spacial score (nSPS) is 19.6. The third-order valence-corrected chi connectivity index (χ3v) is 6.16. The minimum atomic E-state index is -0.0971. The van der Waals surface area contributed by atoms with Crippen LogP contribution in [-0.4, -0.2) is 39.6 Å². The van der Waals surface area contributed by atoms with E-state index in [1.165, 1.54) is 23.9 Å². The maximum atomic E-state index is 12.8. The first-order valence-electron chi connectivity index (χ1n) is 11.0. The van der Waals surface area contributed by atoms with Crippen molar-refractivity contribution < 1.29 is 9.53 Å². The molecule has 2 N–H and O–H groups in total. The van der Waals surface area contributed by atoms with E-state index < -0.39 is 0 Å². The van der Waals surface area contributed by atoms with Gasteiger partial charge in [-0.25, -0.2) is 14.3 Å². The maximum absolute atomic E-state index is 12.8. The van der Waals surface area contributed by atoms with Gasteiger partial charge in [0.2, 0.25) is 0 Å². The zero-order valence-corrected chi connectivity index (χ0v) is 17.6. The van der Waals surface area contributed by atoms with Gasteiger partial charge in [0.25, 0.3) is 0 Å². The van der Waals surface area contributed by atoms with E-state index in [1.807, 2.05) is 24.3 Å². The van der Waals surface area contributed by atoms with Crippen LogP contribution in [0.25, 0.3) is 0 Å². The molecule has 0 spiro atoms. The molecule has 1 aliphatic carbocycles. The molecule has 1 aliphatic heterocycles. The van der Waals surface area contributed by atoms with Crippen LogP contribution in [0.3, 0.4) is 0 Å². The molecule has 1 unspecified atom stereocenters. The van der Waals surface area contributed by atoms with Gasteiger partial charge in [-0.15, -0.1) is 0 Å². The molecule has 30 heavy (non-hydrogen) atoms. The highest BCUT2D eigenvalue weighted by Gasteiger charge is 2.23. The Bertz CT molecular complexity index is 929. The Morgan fingerprint density at radius 3 is 2.67 bits per heavy atom. The summed E-state index contributed by atoms with van der Waals surface area (Å²) in [6, 6.07) is 7.94. The maximum Gasteiger partial charge on any atom is 0.346 e. The van der Waals surface area contributed by atoms with Crippen molar-refractivity contribution in [2.24, 2.45) is 0 Å². The van der Waals surface area contributed by atoms with Crippen LogP contribution in [0.5, 0.6) is 5.75 Å². The molecule has 1 aromatic heterocycles. The summed E-state index contributed by atoms with van der Waals surface area (Å²) < 4.78 is 8.53. The Kier molecular flexibility index (Phi) is 6.40. The summed E-state index contributed by atoms with van der Waals surface area (Å²) in [4.78, 5) is 25.2. The third-order valence-electron chi connectivity index (χ3n) is 6.16. The molecule has 2 aromatic rings. The number of ether oxygens (including phenoxy) is 1. The quantitative estimate of drug-likeness (QED) is 0.788. The van der Waals surface area contributed by atoms with Crippen molar-refractivity contribution in [2.45, 2.75) is 76.5 Å². The summed E-state index contributed by atoms with van der Waals surface area (Å²) >= 11 is 0. The van der Waals surface area contributed by atoms with E-state index in [0.29, 0.717) is 25.6 Å². The number of methoxy groups -OCH3 is 1. The van der Waals surface area contributed by atoms with Crippen LogP contribution in [0, 0.1) is 0 Å². The number of hydrogen-bond donors (Lipinski definition) is 2. The molecule has 2 heterocycles. The van der Waals surface area contributed by atoms with E-state index in [9.17, 15) is 9.59 Å². The van der Waals surface area contributed by atoms with Crippen molar-refractivity contribution in [3.05, 3.63) is 46.1 Å². The highest BCUT2D eigenvalue weighted by Crippen LogP contribution is 2.18. The van der Waals surface area contributed by atoms with Crippen LogP contribution in [0.4, 0.5) is 4.79 Å². The topological polar surface area (TPSA) is 90.2 Å². The molecule has 1 atom stereocenters. The molecule has 0 saturated heterocycles. The van der Waals surface area contributed by atoms with Crippen molar-refractivity contribution in [3.63, 3.8) is 0 Å².